The third-order valence-corrected chi connectivity index (χ3v) is 2.98. The molecule has 1 aromatic heterocycles. The maximum Gasteiger partial charge on any atom is 0.252 e. The fraction of sp³-hybridized carbons (Fsp3) is 0.353. The number of benzene rings is 1. The molecule has 2 rings (SSSR count). The average Bonchev–Trinajstić information content (AvgIpc) is 2.98. The molecule has 0 fully saturated rings. The third-order valence-electron chi connectivity index (χ3n) is 2.98. The summed E-state index contributed by atoms with van der Waals surface area (Å²) >= 11 is 0. The molecule has 0 atom stereocenters. The van der Waals surface area contributed by atoms with E-state index in [1.54, 1.807) is 6.21 Å². The second-order valence-electron chi connectivity index (χ2n) is 5.28. The monoisotopic (exact) mass is 312 g/mol. The predicted molar refractivity (Wildman–Crippen MR) is 88.8 cm³/mol. The molecule has 0 radical (unpaired) electrons. The fourth-order valence-corrected chi connectivity index (χ4v) is 1.77. The van der Waals surface area contributed by atoms with Crippen molar-refractivity contribution in [2.24, 2.45) is 5.10 Å². The highest BCUT2D eigenvalue weighted by molar-refractivity contribution is 5.80. The minimum Gasteiger partial charge on any atom is -0.494 e. The first-order valence-corrected chi connectivity index (χ1v) is 7.56. The van der Waals surface area contributed by atoms with E-state index < -0.39 is 0 Å². The van der Waals surface area contributed by atoms with E-state index in [2.05, 4.69) is 22.4 Å². The summed E-state index contributed by atoms with van der Waals surface area (Å²) in [6, 6.07) is 9.58. The summed E-state index contributed by atoms with van der Waals surface area (Å²) in [4.78, 5) is 4.11. The average molecular weight is 312 g/mol. The first-order valence-electron chi connectivity index (χ1n) is 7.56. The van der Waals surface area contributed by atoms with Gasteiger partial charge < -0.3 is 9.15 Å². The normalized spacial score (nSPS) is 10.9. The molecule has 0 bridgehead atoms. The van der Waals surface area contributed by atoms with Crippen molar-refractivity contribution >= 4 is 12.1 Å². The van der Waals surface area contributed by atoms with Gasteiger partial charge in [-0.3, -0.25) is 0 Å². The van der Waals surface area contributed by atoms with E-state index >= 15 is 0 Å². The first-order chi connectivity index (χ1) is 11.1. The molecule has 0 amide bonds. The Morgan fingerprint density at radius 1 is 1.39 bits per heavy atom. The predicted octanol–water partition coefficient (Wildman–Crippen LogP) is 3.90. The molecule has 0 aliphatic rings. The van der Waals surface area contributed by atoms with Crippen LogP contribution >= 0.6 is 0 Å². The zero-order valence-corrected chi connectivity index (χ0v) is 13.5. The Hall–Kier alpha value is -2.81. The maximum atomic E-state index is 9.05. The van der Waals surface area contributed by atoms with Gasteiger partial charge in [0.1, 0.15) is 11.8 Å². The molecule has 23 heavy (non-hydrogen) atoms. The number of nitrogens with zero attached hydrogens (tertiary/aromatic N) is 3. The van der Waals surface area contributed by atoms with Gasteiger partial charge in [0.2, 0.25) is 11.6 Å². The van der Waals surface area contributed by atoms with Crippen molar-refractivity contribution in [2.75, 3.05) is 12.0 Å². The van der Waals surface area contributed by atoms with Gasteiger partial charge >= 0.3 is 0 Å². The van der Waals surface area contributed by atoms with Crippen LogP contribution in [0.3, 0.4) is 0 Å². The number of aromatic nitrogens is 1. The molecule has 6 heteroatoms. The van der Waals surface area contributed by atoms with Crippen molar-refractivity contribution in [1.29, 1.82) is 5.26 Å². The van der Waals surface area contributed by atoms with Crippen LogP contribution in [0.1, 0.15) is 50.3 Å². The molecule has 2 aromatic rings. The van der Waals surface area contributed by atoms with Crippen molar-refractivity contribution < 1.29 is 9.15 Å². The van der Waals surface area contributed by atoms with Gasteiger partial charge in [0.15, 0.2) is 0 Å². The lowest BCUT2D eigenvalue weighted by atomic mass is 10.2. The molecule has 1 N–H and O–H groups in total. The number of anilines is 1. The van der Waals surface area contributed by atoms with Crippen molar-refractivity contribution in [2.45, 2.75) is 33.1 Å². The number of nitriles is 1. The molecule has 6 nitrogen and oxygen atoms in total. The van der Waals surface area contributed by atoms with Crippen LogP contribution in [0.4, 0.5) is 5.88 Å². The SMILES string of the molecule is CCCOc1ccc(/C=N\Nc2oc(C(C)C)nc2C#N)cc1. The van der Waals surface area contributed by atoms with E-state index in [9.17, 15) is 0 Å². The van der Waals surface area contributed by atoms with Gasteiger partial charge in [-0.05, 0) is 36.2 Å². The van der Waals surface area contributed by atoms with E-state index in [4.69, 9.17) is 14.4 Å². The highest BCUT2D eigenvalue weighted by Crippen LogP contribution is 2.22. The number of oxazole rings is 1. The van der Waals surface area contributed by atoms with Gasteiger partial charge in [-0.1, -0.05) is 20.8 Å². The highest BCUT2D eigenvalue weighted by Gasteiger charge is 2.14. The van der Waals surface area contributed by atoms with E-state index in [1.165, 1.54) is 0 Å². The molecular formula is C17H20N4O2. The Morgan fingerprint density at radius 2 is 2.13 bits per heavy atom. The van der Waals surface area contributed by atoms with Gasteiger partial charge in [0.25, 0.3) is 5.88 Å². The van der Waals surface area contributed by atoms with Crippen LogP contribution in [-0.2, 0) is 0 Å². The Kier molecular flexibility index (Phi) is 5.75. The van der Waals surface area contributed by atoms with E-state index in [0.717, 1.165) is 17.7 Å². The van der Waals surface area contributed by atoms with Crippen molar-refractivity contribution in [1.82, 2.24) is 4.98 Å². The lowest BCUT2D eigenvalue weighted by Gasteiger charge is -2.03. The molecule has 1 heterocycles. The standard InChI is InChI=1S/C17H20N4O2/c1-4-9-22-14-7-5-13(6-8-14)11-19-21-17-15(10-18)20-16(23-17)12(2)3/h5-8,11-12,21H,4,9H2,1-3H3/b19-11-. The maximum absolute atomic E-state index is 9.05. The van der Waals surface area contributed by atoms with Gasteiger partial charge in [0.05, 0.1) is 12.8 Å². The van der Waals surface area contributed by atoms with Gasteiger partial charge in [-0.25, -0.2) is 10.4 Å². The topological polar surface area (TPSA) is 83.4 Å². The fourth-order valence-electron chi connectivity index (χ4n) is 1.77. The lowest BCUT2D eigenvalue weighted by Crippen LogP contribution is -1.95. The van der Waals surface area contributed by atoms with Crippen LogP contribution in [0.2, 0.25) is 0 Å². The summed E-state index contributed by atoms with van der Waals surface area (Å²) in [6.07, 6.45) is 2.62. The van der Waals surface area contributed by atoms with Crippen LogP contribution in [0, 0.1) is 11.3 Å². The Bertz CT molecular complexity index is 696. The van der Waals surface area contributed by atoms with Gasteiger partial charge in [0, 0.05) is 5.92 Å². The molecule has 0 spiro atoms. The molecule has 0 aliphatic heterocycles. The summed E-state index contributed by atoms with van der Waals surface area (Å²) in [5.41, 5.74) is 3.83. The van der Waals surface area contributed by atoms with E-state index in [0.29, 0.717) is 12.5 Å². The number of ether oxygens (including phenoxy) is 1. The number of hydrazone groups is 1. The molecular weight excluding hydrogens is 292 g/mol. The summed E-state index contributed by atoms with van der Waals surface area (Å²) in [7, 11) is 0. The van der Waals surface area contributed by atoms with Crippen LogP contribution < -0.4 is 10.2 Å². The number of rotatable bonds is 7. The van der Waals surface area contributed by atoms with Crippen LogP contribution in [0.25, 0.3) is 0 Å². The Balaban J connectivity index is 2.00. The number of nitrogens with one attached hydrogen (secondary N) is 1. The van der Waals surface area contributed by atoms with Gasteiger partial charge in [-0.15, -0.1) is 0 Å². The van der Waals surface area contributed by atoms with E-state index in [1.807, 2.05) is 44.2 Å². The summed E-state index contributed by atoms with van der Waals surface area (Å²) in [6.45, 7) is 6.66. The third kappa shape index (κ3) is 4.58. The smallest absolute Gasteiger partial charge is 0.252 e. The van der Waals surface area contributed by atoms with Crippen LogP contribution in [0.15, 0.2) is 33.8 Å². The van der Waals surface area contributed by atoms with Crippen LogP contribution in [-0.4, -0.2) is 17.8 Å². The Labute approximate surface area is 135 Å². The van der Waals surface area contributed by atoms with Crippen molar-refractivity contribution in [3.8, 4) is 11.8 Å². The Morgan fingerprint density at radius 3 is 2.74 bits per heavy atom. The number of hydrogen-bond donors (Lipinski definition) is 1. The molecule has 120 valence electrons. The largest absolute Gasteiger partial charge is 0.494 e. The molecule has 0 unspecified atom stereocenters. The molecule has 0 saturated carbocycles. The van der Waals surface area contributed by atoms with Gasteiger partial charge in [-0.2, -0.15) is 10.4 Å². The van der Waals surface area contributed by atoms with E-state index in [-0.39, 0.29) is 17.5 Å². The number of hydrogen-bond acceptors (Lipinski definition) is 6. The highest BCUT2D eigenvalue weighted by atomic mass is 16.5. The second kappa shape index (κ2) is 7.99. The summed E-state index contributed by atoms with van der Waals surface area (Å²) in [5, 5.41) is 13.1. The summed E-state index contributed by atoms with van der Waals surface area (Å²) in [5.74, 6) is 1.71. The minimum absolute atomic E-state index is 0.109. The first kappa shape index (κ1) is 16.6. The quantitative estimate of drug-likeness (QED) is 0.619. The van der Waals surface area contributed by atoms with Crippen LogP contribution in [0.5, 0.6) is 5.75 Å². The summed E-state index contributed by atoms with van der Waals surface area (Å²) < 4.78 is 11.0. The van der Waals surface area contributed by atoms with Crippen molar-refractivity contribution in [3.05, 3.63) is 41.4 Å². The molecule has 1 aromatic carbocycles. The lowest BCUT2D eigenvalue weighted by molar-refractivity contribution is 0.317. The zero-order valence-electron chi connectivity index (χ0n) is 13.5. The second-order valence-corrected chi connectivity index (χ2v) is 5.28. The zero-order chi connectivity index (χ0) is 16.7. The minimum atomic E-state index is 0.109. The molecule has 0 aliphatic carbocycles. The molecule has 0 saturated heterocycles. The van der Waals surface area contributed by atoms with Crippen molar-refractivity contribution in [3.63, 3.8) is 0 Å².